The minimum atomic E-state index is -0.631. The van der Waals surface area contributed by atoms with Gasteiger partial charge in [-0.3, -0.25) is 4.79 Å². The Labute approximate surface area is 190 Å². The molecule has 1 saturated carbocycles. The average Bonchev–Trinajstić information content (AvgIpc) is 3.39. The molecule has 0 spiro atoms. The molecule has 170 valence electrons. The minimum Gasteiger partial charge on any atom is -0.351 e. The molecule has 2 bridgehead atoms. The number of carbonyl (C=O) groups excluding carboxylic acids is 1. The third-order valence-corrected chi connectivity index (χ3v) is 7.97. The summed E-state index contributed by atoms with van der Waals surface area (Å²) < 4.78 is 33.9. The maximum Gasteiger partial charge on any atom is 0.292 e. The molecule has 3 aromatic rings. The van der Waals surface area contributed by atoms with Gasteiger partial charge in [-0.2, -0.15) is 10.2 Å². The summed E-state index contributed by atoms with van der Waals surface area (Å²) in [6, 6.07) is 7.29. The zero-order chi connectivity index (χ0) is 22.6. The highest BCUT2D eigenvalue weighted by Gasteiger charge is 2.52. The van der Waals surface area contributed by atoms with Gasteiger partial charge in [0.15, 0.2) is 0 Å². The molecule has 2 aromatic heterocycles. The highest BCUT2D eigenvalue weighted by Crippen LogP contribution is 2.57. The van der Waals surface area contributed by atoms with Gasteiger partial charge in [0.2, 0.25) is 5.76 Å². The van der Waals surface area contributed by atoms with Gasteiger partial charge in [0.05, 0.1) is 23.1 Å². The number of rotatable bonds is 3. The second kappa shape index (κ2) is 7.71. The lowest BCUT2D eigenvalue weighted by atomic mass is 9.54. The molecule has 1 atom stereocenters. The smallest absolute Gasteiger partial charge is 0.292 e. The highest BCUT2D eigenvalue weighted by atomic mass is 19.1. The molecule has 7 rings (SSSR count). The molecule has 33 heavy (non-hydrogen) atoms. The van der Waals surface area contributed by atoms with E-state index in [1.165, 1.54) is 24.4 Å². The molecule has 1 amide bonds. The van der Waals surface area contributed by atoms with Gasteiger partial charge >= 0.3 is 0 Å². The number of halogens is 2. The van der Waals surface area contributed by atoms with Crippen LogP contribution in [0, 0.1) is 17.6 Å². The van der Waals surface area contributed by atoms with E-state index in [0.29, 0.717) is 19.0 Å². The van der Waals surface area contributed by atoms with E-state index in [1.54, 1.807) is 6.07 Å². The lowest BCUT2D eigenvalue weighted by Crippen LogP contribution is -2.52. The first-order valence-electron chi connectivity index (χ1n) is 11.6. The predicted octanol–water partition coefficient (Wildman–Crippen LogP) is 4.87. The van der Waals surface area contributed by atoms with Gasteiger partial charge in [-0.1, -0.05) is 11.2 Å². The number of fused-ring (bicyclic) bond motifs is 2. The number of amides is 1. The molecule has 1 saturated heterocycles. The first-order valence-corrected chi connectivity index (χ1v) is 11.6. The van der Waals surface area contributed by atoms with Crippen molar-refractivity contribution in [1.29, 1.82) is 0 Å². The van der Waals surface area contributed by atoms with Crippen molar-refractivity contribution >= 4 is 5.91 Å². The van der Waals surface area contributed by atoms with Crippen LogP contribution in [-0.4, -0.2) is 39.3 Å². The maximum atomic E-state index is 14.4. The van der Waals surface area contributed by atoms with Crippen molar-refractivity contribution in [2.75, 3.05) is 13.1 Å². The number of hydrogen-bond acceptors (Lipinski definition) is 5. The molecule has 8 heteroatoms. The largest absolute Gasteiger partial charge is 0.351 e. The summed E-state index contributed by atoms with van der Waals surface area (Å²) in [6.45, 7) is 1.33. The molecule has 6 nitrogen and oxygen atoms in total. The van der Waals surface area contributed by atoms with Crippen molar-refractivity contribution in [3.63, 3.8) is 0 Å². The van der Waals surface area contributed by atoms with Crippen molar-refractivity contribution in [3.05, 3.63) is 65.2 Å². The van der Waals surface area contributed by atoms with E-state index in [9.17, 15) is 13.6 Å². The van der Waals surface area contributed by atoms with Gasteiger partial charge in [-0.15, -0.1) is 0 Å². The molecule has 0 unspecified atom stereocenters. The van der Waals surface area contributed by atoms with Crippen LogP contribution >= 0.6 is 0 Å². The van der Waals surface area contributed by atoms with E-state index >= 15 is 0 Å². The van der Waals surface area contributed by atoms with Crippen LogP contribution in [0.3, 0.4) is 0 Å². The van der Waals surface area contributed by atoms with E-state index in [4.69, 9.17) is 4.52 Å². The Morgan fingerprint density at radius 3 is 2.61 bits per heavy atom. The van der Waals surface area contributed by atoms with Gasteiger partial charge in [0.1, 0.15) is 11.6 Å². The Morgan fingerprint density at radius 1 is 1.09 bits per heavy atom. The molecule has 2 fully saturated rings. The summed E-state index contributed by atoms with van der Waals surface area (Å²) in [4.78, 5) is 14.8. The topological polar surface area (TPSA) is 72.1 Å². The van der Waals surface area contributed by atoms with Crippen LogP contribution in [0.4, 0.5) is 8.78 Å². The van der Waals surface area contributed by atoms with Gasteiger partial charge in [0, 0.05) is 24.6 Å². The summed E-state index contributed by atoms with van der Waals surface area (Å²) >= 11 is 0. The zero-order valence-corrected chi connectivity index (χ0v) is 18.1. The van der Waals surface area contributed by atoms with Crippen molar-refractivity contribution in [1.82, 2.24) is 20.3 Å². The fourth-order valence-electron chi connectivity index (χ4n) is 6.35. The monoisotopic (exact) mass is 450 g/mol. The fraction of sp³-hybridized carbons (Fsp3) is 0.440. The van der Waals surface area contributed by atoms with E-state index in [1.807, 2.05) is 11.0 Å². The fourth-order valence-corrected chi connectivity index (χ4v) is 6.35. The quantitative estimate of drug-likeness (QED) is 0.569. The third-order valence-electron chi connectivity index (χ3n) is 7.97. The normalized spacial score (nSPS) is 26.3. The lowest BCUT2D eigenvalue weighted by molar-refractivity contribution is 0.0450. The van der Waals surface area contributed by atoms with Gasteiger partial charge in [-0.25, -0.2) is 8.78 Å². The van der Waals surface area contributed by atoms with Gasteiger partial charge in [0.25, 0.3) is 5.91 Å². The predicted molar refractivity (Wildman–Crippen MR) is 115 cm³/mol. The van der Waals surface area contributed by atoms with E-state index < -0.39 is 11.6 Å². The Balaban J connectivity index is 1.36. The van der Waals surface area contributed by atoms with Crippen LogP contribution in [0.5, 0.6) is 0 Å². The number of likely N-dealkylation sites (tertiary alicyclic amines) is 1. The molecule has 1 aliphatic heterocycles. The Hall–Kier alpha value is -3.16. The summed E-state index contributed by atoms with van der Waals surface area (Å²) in [6.07, 6.45) is 7.45. The van der Waals surface area contributed by atoms with Crippen LogP contribution < -0.4 is 0 Å². The van der Waals surface area contributed by atoms with Crippen LogP contribution in [-0.2, 0) is 5.41 Å². The Kier molecular flexibility index (Phi) is 4.78. The number of carbonyl (C=O) groups is 1. The summed E-state index contributed by atoms with van der Waals surface area (Å²) in [5, 5.41) is 12.6. The molecule has 3 aliphatic carbocycles. The van der Waals surface area contributed by atoms with Crippen molar-refractivity contribution in [3.8, 4) is 11.3 Å². The van der Waals surface area contributed by atoms with E-state index in [0.717, 1.165) is 49.8 Å². The van der Waals surface area contributed by atoms with Crippen LogP contribution in [0.15, 0.2) is 41.1 Å². The number of aromatic nitrogens is 3. The van der Waals surface area contributed by atoms with E-state index in [-0.39, 0.29) is 34.3 Å². The number of benzene rings is 1. The van der Waals surface area contributed by atoms with Crippen molar-refractivity contribution in [2.45, 2.75) is 49.9 Å². The number of nitrogens with zero attached hydrogens (tertiary/aromatic N) is 4. The molecule has 4 aliphatic rings. The second-order valence-corrected chi connectivity index (χ2v) is 9.53. The molecular formula is C25H24F2N4O2. The molecule has 1 aromatic carbocycles. The van der Waals surface area contributed by atoms with E-state index in [2.05, 4.69) is 15.4 Å². The lowest BCUT2D eigenvalue weighted by Gasteiger charge is -2.53. The molecule has 3 heterocycles. The summed E-state index contributed by atoms with van der Waals surface area (Å²) in [5.74, 6) is -0.542. The maximum absolute atomic E-state index is 14.4. The zero-order valence-electron chi connectivity index (χ0n) is 18.1. The Morgan fingerprint density at radius 2 is 1.88 bits per heavy atom. The molecule has 0 radical (unpaired) electrons. The number of hydrogen-bond donors (Lipinski definition) is 0. The highest BCUT2D eigenvalue weighted by molar-refractivity contribution is 5.91. The second-order valence-electron chi connectivity index (χ2n) is 9.53. The Bertz CT molecular complexity index is 1180. The summed E-state index contributed by atoms with van der Waals surface area (Å²) in [7, 11) is 0. The number of piperidine rings is 1. The SMILES string of the molecule is O=C(c1ccno1)N1CCC[C@H]([C@]23CC[C@H](CC2)c2cc(-c4c(F)cccc4F)nnc23)C1. The average molecular weight is 450 g/mol. The van der Waals surface area contributed by atoms with Crippen LogP contribution in [0.25, 0.3) is 11.3 Å². The third kappa shape index (κ3) is 3.18. The van der Waals surface area contributed by atoms with Gasteiger partial charge in [-0.05, 0) is 74.1 Å². The standard InChI is InChI=1S/C25H24F2N4O2/c26-18-4-1-5-19(27)22(18)20-13-17-15-6-9-25(10-7-15,23(17)30-29-20)16-3-2-12-31(14-16)24(32)21-8-11-28-33-21/h1,4-5,8,11,13,15-16H,2-3,6-7,9-10,12,14H2/t15-,16-,25+/m0/s1. The first-order chi connectivity index (χ1) is 16.1. The van der Waals surface area contributed by atoms with Crippen molar-refractivity contribution in [2.24, 2.45) is 5.92 Å². The van der Waals surface area contributed by atoms with Crippen LogP contribution in [0.2, 0.25) is 0 Å². The summed E-state index contributed by atoms with van der Waals surface area (Å²) in [5.41, 5.74) is 2.00. The molecule has 0 N–H and O–H groups in total. The first kappa shape index (κ1) is 20.4. The van der Waals surface area contributed by atoms with Crippen LogP contribution in [0.1, 0.15) is 66.3 Å². The molecular weight excluding hydrogens is 426 g/mol. The van der Waals surface area contributed by atoms with Crippen molar-refractivity contribution < 1.29 is 18.1 Å². The minimum absolute atomic E-state index is 0.121. The van der Waals surface area contributed by atoms with Gasteiger partial charge < -0.3 is 9.42 Å².